The zero-order chi connectivity index (χ0) is 29.3. The van der Waals surface area contributed by atoms with E-state index in [1.807, 2.05) is 18.2 Å². The number of morpholine rings is 1. The fourth-order valence-electron chi connectivity index (χ4n) is 6.41. The Hall–Kier alpha value is -4.75. The fraction of sp³-hybridized carbons (Fsp3) is 0.364. The van der Waals surface area contributed by atoms with Crippen molar-refractivity contribution in [2.45, 2.75) is 45.2 Å². The summed E-state index contributed by atoms with van der Waals surface area (Å²) in [6, 6.07) is 18.6. The van der Waals surface area contributed by atoms with Gasteiger partial charge in [0.25, 0.3) is 0 Å². The van der Waals surface area contributed by atoms with Gasteiger partial charge in [-0.2, -0.15) is 4.98 Å². The third-order valence-corrected chi connectivity index (χ3v) is 8.62. The van der Waals surface area contributed by atoms with Crippen LogP contribution in [0, 0.1) is 31.1 Å². The number of nitrogens with one attached hydrogen (secondary N) is 1. The van der Waals surface area contributed by atoms with Gasteiger partial charge < -0.3 is 14.2 Å². The van der Waals surface area contributed by atoms with Crippen molar-refractivity contribution in [2.75, 3.05) is 24.7 Å². The molecular formula is C33H33N7O3. The highest BCUT2D eigenvalue weighted by molar-refractivity contribution is 5.91. The quantitative estimate of drug-likeness (QED) is 0.276. The average Bonchev–Trinajstić information content (AvgIpc) is 3.65. The smallest absolute Gasteiger partial charge is 0.377 e. The molecule has 2 aromatic carbocycles. The van der Waals surface area contributed by atoms with Gasteiger partial charge in [-0.15, -0.1) is 12.3 Å². The number of nitrogens with zero attached hydrogens (tertiary/aromatic N) is 6. The van der Waals surface area contributed by atoms with Gasteiger partial charge in [0, 0.05) is 24.6 Å². The van der Waals surface area contributed by atoms with E-state index in [1.54, 1.807) is 0 Å². The van der Waals surface area contributed by atoms with Crippen LogP contribution in [-0.2, 0) is 11.3 Å². The Bertz CT molecular complexity index is 1840. The molecule has 0 amide bonds. The van der Waals surface area contributed by atoms with Crippen LogP contribution in [0.25, 0.3) is 34.1 Å². The molecule has 0 bridgehead atoms. The largest absolute Gasteiger partial charge is 0.439 e. The minimum absolute atomic E-state index is 0.00978. The van der Waals surface area contributed by atoms with Crippen LogP contribution >= 0.6 is 0 Å². The summed E-state index contributed by atoms with van der Waals surface area (Å²) in [7, 11) is 0. The molecule has 1 aliphatic carbocycles. The Labute approximate surface area is 249 Å². The number of fused-ring (bicyclic) bond motifs is 1. The molecule has 5 aromatic rings. The number of anilines is 1. The lowest BCUT2D eigenvalue weighted by Gasteiger charge is -2.37. The maximum Gasteiger partial charge on any atom is 0.439 e. The van der Waals surface area contributed by atoms with Crippen LogP contribution < -0.4 is 10.7 Å². The molecule has 1 aliphatic heterocycles. The summed E-state index contributed by atoms with van der Waals surface area (Å²) >= 11 is 0. The normalized spacial score (nSPS) is 20.7. The molecule has 218 valence electrons. The van der Waals surface area contributed by atoms with Crippen molar-refractivity contribution < 1.29 is 9.26 Å². The summed E-state index contributed by atoms with van der Waals surface area (Å²) in [5.74, 6) is 4.33. The first-order valence-electron chi connectivity index (χ1n) is 14.8. The molecule has 7 rings (SSSR count). The Kier molecular flexibility index (Phi) is 7.25. The average molecular weight is 576 g/mol. The van der Waals surface area contributed by atoms with Crippen molar-refractivity contribution in [1.29, 1.82) is 0 Å². The lowest BCUT2D eigenvalue weighted by atomic mass is 9.82. The van der Waals surface area contributed by atoms with Crippen molar-refractivity contribution in [2.24, 2.45) is 11.8 Å². The number of aromatic nitrogens is 6. The number of H-pyrrole nitrogens is 1. The van der Waals surface area contributed by atoms with Gasteiger partial charge in [0.1, 0.15) is 11.2 Å². The van der Waals surface area contributed by atoms with E-state index in [9.17, 15) is 4.79 Å². The number of aryl methyl sites for hydroxylation is 1. The van der Waals surface area contributed by atoms with Crippen molar-refractivity contribution in [3.8, 4) is 35.2 Å². The minimum atomic E-state index is -0.663. The molecular weight excluding hydrogens is 542 g/mol. The number of rotatable bonds is 6. The zero-order valence-electron chi connectivity index (χ0n) is 24.1. The molecule has 4 heterocycles. The molecule has 10 heteroatoms. The molecule has 0 radical (unpaired) electrons. The van der Waals surface area contributed by atoms with E-state index in [-0.39, 0.29) is 17.7 Å². The second kappa shape index (κ2) is 11.5. The molecule has 1 N–H and O–H groups in total. The van der Waals surface area contributed by atoms with E-state index >= 15 is 0 Å². The SMILES string of the molecule is C#CC1CCC(Cn2c(N3CCOCC3c3ccccc3)nc3nc(-c4noc(=O)[nH]4)nc(-c4cccc(C)c4)c32)CC1. The van der Waals surface area contributed by atoms with Crippen molar-refractivity contribution >= 4 is 17.1 Å². The van der Waals surface area contributed by atoms with Gasteiger partial charge in [-0.05, 0) is 50.2 Å². The molecule has 43 heavy (non-hydrogen) atoms. The monoisotopic (exact) mass is 575 g/mol. The number of terminal acetylenes is 1. The molecule has 1 saturated heterocycles. The van der Waals surface area contributed by atoms with Crippen LogP contribution in [0.4, 0.5) is 5.95 Å². The Morgan fingerprint density at radius 3 is 2.63 bits per heavy atom. The highest BCUT2D eigenvalue weighted by Gasteiger charge is 2.32. The van der Waals surface area contributed by atoms with Crippen molar-refractivity contribution in [3.05, 3.63) is 76.3 Å². The maximum atomic E-state index is 11.8. The van der Waals surface area contributed by atoms with E-state index in [0.29, 0.717) is 37.2 Å². The summed E-state index contributed by atoms with van der Waals surface area (Å²) in [4.78, 5) is 31.8. The summed E-state index contributed by atoms with van der Waals surface area (Å²) in [5.41, 5.74) is 5.33. The lowest BCUT2D eigenvalue weighted by molar-refractivity contribution is 0.0927. The first kappa shape index (κ1) is 27.1. The van der Waals surface area contributed by atoms with E-state index in [0.717, 1.165) is 60.5 Å². The third kappa shape index (κ3) is 5.32. The zero-order valence-corrected chi connectivity index (χ0v) is 24.1. The molecule has 0 spiro atoms. The summed E-state index contributed by atoms with van der Waals surface area (Å²) in [5, 5.41) is 3.88. The minimum Gasteiger partial charge on any atom is -0.377 e. The number of ether oxygens (including phenoxy) is 1. The number of imidazole rings is 1. The van der Waals surface area contributed by atoms with Gasteiger partial charge in [-0.3, -0.25) is 9.51 Å². The molecule has 10 nitrogen and oxygen atoms in total. The molecule has 3 aromatic heterocycles. The van der Waals surface area contributed by atoms with Gasteiger partial charge in [0.2, 0.25) is 17.6 Å². The molecule has 1 atom stereocenters. The second-order valence-electron chi connectivity index (χ2n) is 11.5. The Balaban J connectivity index is 1.44. The highest BCUT2D eigenvalue weighted by atomic mass is 16.5. The van der Waals surface area contributed by atoms with Crippen molar-refractivity contribution in [1.82, 2.24) is 29.7 Å². The number of hydrogen-bond donors (Lipinski definition) is 1. The number of hydrogen-bond acceptors (Lipinski definition) is 8. The molecule has 1 saturated carbocycles. The van der Waals surface area contributed by atoms with Crippen LogP contribution in [0.1, 0.15) is 42.9 Å². The summed E-state index contributed by atoms with van der Waals surface area (Å²) in [6.07, 6.45) is 9.94. The fourth-order valence-corrected chi connectivity index (χ4v) is 6.41. The molecule has 2 aliphatic rings. The van der Waals surface area contributed by atoms with E-state index in [1.165, 1.54) is 5.56 Å². The summed E-state index contributed by atoms with van der Waals surface area (Å²) in [6.45, 7) is 4.67. The predicted molar refractivity (Wildman–Crippen MR) is 163 cm³/mol. The van der Waals surface area contributed by atoms with Crippen LogP contribution in [0.2, 0.25) is 0 Å². The van der Waals surface area contributed by atoms with Gasteiger partial charge in [0.15, 0.2) is 5.65 Å². The Morgan fingerprint density at radius 1 is 1.05 bits per heavy atom. The predicted octanol–water partition coefficient (Wildman–Crippen LogP) is 5.16. The van der Waals surface area contributed by atoms with Crippen molar-refractivity contribution in [3.63, 3.8) is 0 Å². The third-order valence-electron chi connectivity index (χ3n) is 8.62. The van der Waals surface area contributed by atoms with Gasteiger partial charge in [-0.25, -0.2) is 14.8 Å². The van der Waals surface area contributed by atoms with E-state index in [4.69, 9.17) is 30.6 Å². The number of benzene rings is 2. The van der Waals surface area contributed by atoms with Crippen LogP contribution in [-0.4, -0.2) is 49.4 Å². The molecule has 2 fully saturated rings. The van der Waals surface area contributed by atoms with E-state index in [2.05, 4.69) is 68.9 Å². The van der Waals surface area contributed by atoms with Crippen LogP contribution in [0.5, 0.6) is 0 Å². The maximum absolute atomic E-state index is 11.8. The lowest BCUT2D eigenvalue weighted by Crippen LogP contribution is -2.41. The topological polar surface area (TPSA) is 115 Å². The van der Waals surface area contributed by atoms with Crippen LogP contribution in [0.15, 0.2) is 63.9 Å². The first-order valence-corrected chi connectivity index (χ1v) is 14.8. The first-order chi connectivity index (χ1) is 21.1. The highest BCUT2D eigenvalue weighted by Crippen LogP contribution is 2.38. The van der Waals surface area contributed by atoms with Gasteiger partial charge >= 0.3 is 5.76 Å². The summed E-state index contributed by atoms with van der Waals surface area (Å²) < 4.78 is 13.1. The standard InChI is InChI=1S/C33H33N7O3/c1-3-22-12-14-23(15-13-22)19-40-28-27(25-11-7-8-21(2)18-25)34-30(31-37-33(41)43-38-31)35-29(28)36-32(40)39-16-17-42-20-26(39)24-9-5-4-6-10-24/h1,4-11,18,22-23,26H,12-17,19-20H2,2H3,(H,37,38,41). The van der Waals surface area contributed by atoms with E-state index < -0.39 is 5.76 Å². The van der Waals surface area contributed by atoms with Crippen LogP contribution in [0.3, 0.4) is 0 Å². The second-order valence-corrected chi connectivity index (χ2v) is 11.5. The Morgan fingerprint density at radius 2 is 1.88 bits per heavy atom. The van der Waals surface area contributed by atoms with Gasteiger partial charge in [0.05, 0.1) is 19.3 Å². The number of aromatic amines is 1. The molecule has 1 unspecified atom stereocenters. The van der Waals surface area contributed by atoms with Gasteiger partial charge in [-0.1, -0.05) is 59.3 Å².